The lowest BCUT2D eigenvalue weighted by Gasteiger charge is -2.09. The Balaban J connectivity index is 2.46. The van der Waals surface area contributed by atoms with E-state index in [4.69, 9.17) is 9.47 Å². The monoisotopic (exact) mass is 305 g/mol. The van der Waals surface area contributed by atoms with Crippen LogP contribution in [0.25, 0.3) is 0 Å². The number of ether oxygens (including phenoxy) is 2. The molecule has 0 aromatic heterocycles. The number of hydrogen-bond donors (Lipinski definition) is 1. The van der Waals surface area contributed by atoms with Crippen LogP contribution in [0.3, 0.4) is 0 Å². The van der Waals surface area contributed by atoms with Crippen molar-refractivity contribution in [3.8, 4) is 5.75 Å². The van der Waals surface area contributed by atoms with Crippen molar-refractivity contribution < 1.29 is 22.3 Å². The largest absolute Gasteiger partial charge is 0.489 e. The zero-order valence-corrected chi connectivity index (χ0v) is 12.5. The molecule has 0 saturated carbocycles. The number of nitrogens with one attached hydrogen (secondary N) is 1. The van der Waals surface area contributed by atoms with Crippen molar-refractivity contribution in [2.24, 2.45) is 0 Å². The average molecular weight is 305 g/mol. The Kier molecular flexibility index (Phi) is 6.90. The van der Waals surface area contributed by atoms with E-state index in [9.17, 15) is 12.8 Å². The highest BCUT2D eigenvalue weighted by molar-refractivity contribution is 7.90. The molecule has 114 valence electrons. The molecule has 7 heteroatoms. The molecule has 1 N–H and O–H groups in total. The number of sulfone groups is 1. The highest BCUT2D eigenvalue weighted by Gasteiger charge is 2.07. The summed E-state index contributed by atoms with van der Waals surface area (Å²) in [5, 5.41) is 3.10. The molecule has 0 aliphatic carbocycles. The van der Waals surface area contributed by atoms with Crippen molar-refractivity contribution in [3.63, 3.8) is 0 Å². The summed E-state index contributed by atoms with van der Waals surface area (Å²) in [4.78, 5) is 0. The topological polar surface area (TPSA) is 64.6 Å². The lowest BCUT2D eigenvalue weighted by Crippen LogP contribution is -2.18. The van der Waals surface area contributed by atoms with Crippen LogP contribution in [0.5, 0.6) is 5.75 Å². The highest BCUT2D eigenvalue weighted by Crippen LogP contribution is 2.18. The molecule has 0 saturated heterocycles. The molecule has 0 spiro atoms. The zero-order valence-electron chi connectivity index (χ0n) is 11.7. The first-order valence-electron chi connectivity index (χ1n) is 6.21. The number of halogens is 1. The van der Waals surface area contributed by atoms with E-state index in [1.807, 2.05) is 0 Å². The van der Waals surface area contributed by atoms with E-state index in [1.165, 1.54) is 12.1 Å². The number of methoxy groups -OCH3 is 1. The normalized spacial score (nSPS) is 11.6. The van der Waals surface area contributed by atoms with Crippen LogP contribution in [0.4, 0.5) is 4.39 Å². The van der Waals surface area contributed by atoms with E-state index in [1.54, 1.807) is 13.2 Å². The Bertz CT molecular complexity index is 519. The summed E-state index contributed by atoms with van der Waals surface area (Å²) in [5.74, 6) is -0.564. The molecule has 0 aliphatic heterocycles. The molecular weight excluding hydrogens is 285 g/mol. The van der Waals surface area contributed by atoms with Gasteiger partial charge in [-0.05, 0) is 17.7 Å². The van der Waals surface area contributed by atoms with Crippen LogP contribution in [0, 0.1) is 5.82 Å². The van der Waals surface area contributed by atoms with Gasteiger partial charge in [0, 0.05) is 26.5 Å². The Labute approximate surface area is 119 Å². The van der Waals surface area contributed by atoms with E-state index in [0.717, 1.165) is 11.8 Å². The average Bonchev–Trinajstić information content (AvgIpc) is 2.36. The van der Waals surface area contributed by atoms with Gasteiger partial charge in [0.1, 0.15) is 6.61 Å². The molecule has 20 heavy (non-hydrogen) atoms. The lowest BCUT2D eigenvalue weighted by molar-refractivity contribution is 0.199. The third-order valence-corrected chi connectivity index (χ3v) is 3.43. The van der Waals surface area contributed by atoms with Gasteiger partial charge in [-0.2, -0.15) is 0 Å². The van der Waals surface area contributed by atoms with Crippen LogP contribution in [-0.2, 0) is 21.1 Å². The first-order chi connectivity index (χ1) is 9.42. The SMILES string of the molecule is COCCNCc1ccc(OCCS(C)(=O)=O)c(F)c1. The van der Waals surface area contributed by atoms with Crippen LogP contribution in [-0.4, -0.2) is 47.3 Å². The fourth-order valence-electron chi connectivity index (χ4n) is 1.48. The summed E-state index contributed by atoms with van der Waals surface area (Å²) >= 11 is 0. The van der Waals surface area contributed by atoms with Gasteiger partial charge in [-0.1, -0.05) is 6.07 Å². The molecule has 0 unspecified atom stereocenters. The standard InChI is InChI=1S/C13H20FNO4S/c1-18-6-5-15-10-11-3-4-13(12(14)9-11)19-7-8-20(2,16)17/h3-4,9,15H,5-8,10H2,1-2H3. The summed E-state index contributed by atoms with van der Waals surface area (Å²) in [6.07, 6.45) is 1.11. The second kappa shape index (κ2) is 8.18. The van der Waals surface area contributed by atoms with Gasteiger partial charge in [0.2, 0.25) is 0 Å². The number of hydrogen-bond acceptors (Lipinski definition) is 5. The maximum atomic E-state index is 13.7. The van der Waals surface area contributed by atoms with E-state index in [-0.39, 0.29) is 18.1 Å². The van der Waals surface area contributed by atoms with Crippen LogP contribution in [0.2, 0.25) is 0 Å². The van der Waals surface area contributed by atoms with Gasteiger partial charge in [0.25, 0.3) is 0 Å². The van der Waals surface area contributed by atoms with Crippen molar-refractivity contribution in [2.75, 3.05) is 38.9 Å². The minimum Gasteiger partial charge on any atom is -0.489 e. The summed E-state index contributed by atoms with van der Waals surface area (Å²) in [6.45, 7) is 1.75. The van der Waals surface area contributed by atoms with Gasteiger partial charge in [-0.25, -0.2) is 12.8 Å². The predicted molar refractivity (Wildman–Crippen MR) is 75.2 cm³/mol. The number of benzene rings is 1. The van der Waals surface area contributed by atoms with Gasteiger partial charge in [0.15, 0.2) is 21.4 Å². The summed E-state index contributed by atoms with van der Waals surface area (Å²) in [7, 11) is -1.49. The molecule has 0 fully saturated rings. The molecule has 0 radical (unpaired) electrons. The molecule has 5 nitrogen and oxygen atoms in total. The minimum atomic E-state index is -3.10. The maximum absolute atomic E-state index is 13.7. The second-order valence-corrected chi connectivity index (χ2v) is 6.67. The second-order valence-electron chi connectivity index (χ2n) is 4.41. The van der Waals surface area contributed by atoms with Crippen molar-refractivity contribution in [3.05, 3.63) is 29.6 Å². The van der Waals surface area contributed by atoms with E-state index in [0.29, 0.717) is 19.7 Å². The van der Waals surface area contributed by atoms with E-state index >= 15 is 0 Å². The highest BCUT2D eigenvalue weighted by atomic mass is 32.2. The van der Waals surface area contributed by atoms with Gasteiger partial charge < -0.3 is 14.8 Å². The molecule has 0 aliphatic rings. The smallest absolute Gasteiger partial charge is 0.165 e. The van der Waals surface area contributed by atoms with Crippen LogP contribution in [0.15, 0.2) is 18.2 Å². The van der Waals surface area contributed by atoms with Gasteiger partial charge in [-0.3, -0.25) is 0 Å². The first kappa shape index (κ1) is 16.9. The summed E-state index contributed by atoms with van der Waals surface area (Å²) in [5.41, 5.74) is 0.786. The van der Waals surface area contributed by atoms with Crippen molar-refractivity contribution >= 4 is 9.84 Å². The Hall–Kier alpha value is -1.18. The van der Waals surface area contributed by atoms with Gasteiger partial charge >= 0.3 is 0 Å². The molecule has 1 aromatic rings. The van der Waals surface area contributed by atoms with Crippen molar-refractivity contribution in [2.45, 2.75) is 6.54 Å². The van der Waals surface area contributed by atoms with Crippen LogP contribution < -0.4 is 10.1 Å². The van der Waals surface area contributed by atoms with Crippen LogP contribution >= 0.6 is 0 Å². The van der Waals surface area contributed by atoms with Gasteiger partial charge in [0.05, 0.1) is 12.4 Å². The molecule has 0 heterocycles. The fraction of sp³-hybridized carbons (Fsp3) is 0.538. The Morgan fingerprint density at radius 2 is 2.05 bits per heavy atom. The predicted octanol–water partition coefficient (Wildman–Crippen LogP) is 0.985. The Morgan fingerprint density at radius 3 is 2.65 bits per heavy atom. The quantitative estimate of drug-likeness (QED) is 0.689. The molecule has 0 atom stereocenters. The van der Waals surface area contributed by atoms with E-state index in [2.05, 4.69) is 5.32 Å². The van der Waals surface area contributed by atoms with Crippen LogP contribution in [0.1, 0.15) is 5.56 Å². The van der Waals surface area contributed by atoms with Crippen molar-refractivity contribution in [1.29, 1.82) is 0 Å². The molecule has 0 amide bonds. The maximum Gasteiger partial charge on any atom is 0.165 e. The minimum absolute atomic E-state index is 0.0544. The van der Waals surface area contributed by atoms with Gasteiger partial charge in [-0.15, -0.1) is 0 Å². The molecule has 0 bridgehead atoms. The third kappa shape index (κ3) is 6.83. The Morgan fingerprint density at radius 1 is 1.30 bits per heavy atom. The fourth-order valence-corrected chi connectivity index (χ4v) is 1.87. The number of rotatable bonds is 9. The zero-order chi connectivity index (χ0) is 15.0. The first-order valence-corrected chi connectivity index (χ1v) is 8.27. The lowest BCUT2D eigenvalue weighted by atomic mass is 10.2. The molecular formula is C13H20FNO4S. The summed E-state index contributed by atoms with van der Waals surface area (Å²) in [6, 6.07) is 4.61. The summed E-state index contributed by atoms with van der Waals surface area (Å²) < 4.78 is 45.6. The van der Waals surface area contributed by atoms with E-state index < -0.39 is 15.7 Å². The molecule has 1 rings (SSSR count). The third-order valence-electron chi connectivity index (χ3n) is 2.52. The van der Waals surface area contributed by atoms with Crippen molar-refractivity contribution in [1.82, 2.24) is 5.32 Å². The molecule has 1 aromatic carbocycles.